The van der Waals surface area contributed by atoms with Gasteiger partial charge in [0, 0.05) is 44.1 Å². The van der Waals surface area contributed by atoms with E-state index in [0.29, 0.717) is 0 Å². The van der Waals surface area contributed by atoms with Gasteiger partial charge in [-0.2, -0.15) is 0 Å². The molecule has 0 unspecified atom stereocenters. The standard InChI is InChI=1S/C13H21BrN4.HI/c1-15-13(16-7-10-4-5-10)18(3)9-12-6-11(14)8-17(12)2;/h6,8,10H,4-5,7,9H2,1-3H3,(H,15,16);1H. The predicted octanol–water partition coefficient (Wildman–Crippen LogP) is 2.82. The van der Waals surface area contributed by atoms with Crippen LogP contribution in [0.5, 0.6) is 0 Å². The van der Waals surface area contributed by atoms with E-state index in [1.165, 1.54) is 18.5 Å². The van der Waals surface area contributed by atoms with Crippen molar-refractivity contribution in [2.24, 2.45) is 18.0 Å². The van der Waals surface area contributed by atoms with Crippen LogP contribution in [0, 0.1) is 5.92 Å². The molecule has 1 aliphatic rings. The molecule has 0 amide bonds. The molecular formula is C13H22BrIN4. The van der Waals surface area contributed by atoms with Crippen LogP contribution in [0.15, 0.2) is 21.7 Å². The van der Waals surface area contributed by atoms with Gasteiger partial charge in [0.2, 0.25) is 0 Å². The summed E-state index contributed by atoms with van der Waals surface area (Å²) in [5.74, 6) is 1.83. The third-order valence-corrected chi connectivity index (χ3v) is 3.73. The Morgan fingerprint density at radius 1 is 1.58 bits per heavy atom. The summed E-state index contributed by atoms with van der Waals surface area (Å²) in [6.07, 6.45) is 4.79. The lowest BCUT2D eigenvalue weighted by Crippen LogP contribution is -2.39. The molecule has 1 N–H and O–H groups in total. The third-order valence-electron chi connectivity index (χ3n) is 3.29. The number of aryl methyl sites for hydroxylation is 1. The van der Waals surface area contributed by atoms with E-state index in [9.17, 15) is 0 Å². The van der Waals surface area contributed by atoms with Crippen molar-refractivity contribution in [3.63, 3.8) is 0 Å². The van der Waals surface area contributed by atoms with Crippen molar-refractivity contribution in [2.75, 3.05) is 20.6 Å². The quantitative estimate of drug-likeness (QED) is 0.443. The number of halogens is 2. The minimum absolute atomic E-state index is 0. The smallest absolute Gasteiger partial charge is 0.193 e. The van der Waals surface area contributed by atoms with Gasteiger partial charge in [-0.25, -0.2) is 0 Å². The minimum Gasteiger partial charge on any atom is -0.356 e. The highest BCUT2D eigenvalue weighted by Crippen LogP contribution is 2.27. The summed E-state index contributed by atoms with van der Waals surface area (Å²) >= 11 is 3.50. The summed E-state index contributed by atoms with van der Waals surface area (Å²) in [6.45, 7) is 1.90. The molecule has 0 radical (unpaired) electrons. The largest absolute Gasteiger partial charge is 0.356 e. The van der Waals surface area contributed by atoms with E-state index < -0.39 is 0 Å². The van der Waals surface area contributed by atoms with Crippen molar-refractivity contribution in [3.05, 3.63) is 22.4 Å². The van der Waals surface area contributed by atoms with Crippen LogP contribution in [0.3, 0.4) is 0 Å². The van der Waals surface area contributed by atoms with Gasteiger partial charge in [0.15, 0.2) is 5.96 Å². The number of rotatable bonds is 4. The number of hydrogen-bond acceptors (Lipinski definition) is 1. The summed E-state index contributed by atoms with van der Waals surface area (Å²) in [6, 6.07) is 2.14. The van der Waals surface area contributed by atoms with Crippen LogP contribution in [-0.4, -0.2) is 36.1 Å². The first kappa shape index (κ1) is 16.8. The first-order valence-corrected chi connectivity index (χ1v) is 7.12. The Bertz CT molecular complexity index is 440. The molecule has 1 aliphatic carbocycles. The van der Waals surface area contributed by atoms with Gasteiger partial charge in [0.1, 0.15) is 0 Å². The van der Waals surface area contributed by atoms with Crippen LogP contribution < -0.4 is 5.32 Å². The van der Waals surface area contributed by atoms with E-state index in [-0.39, 0.29) is 24.0 Å². The Kier molecular flexibility index (Phi) is 6.65. The molecule has 1 heterocycles. The molecule has 1 saturated carbocycles. The molecule has 0 atom stereocenters. The topological polar surface area (TPSA) is 32.6 Å². The van der Waals surface area contributed by atoms with Crippen molar-refractivity contribution in [1.29, 1.82) is 0 Å². The van der Waals surface area contributed by atoms with Crippen LogP contribution >= 0.6 is 39.9 Å². The van der Waals surface area contributed by atoms with Crippen LogP contribution in [0.1, 0.15) is 18.5 Å². The van der Waals surface area contributed by atoms with E-state index in [4.69, 9.17) is 0 Å². The monoisotopic (exact) mass is 440 g/mol. The molecule has 6 heteroatoms. The maximum atomic E-state index is 4.33. The fourth-order valence-electron chi connectivity index (χ4n) is 1.98. The van der Waals surface area contributed by atoms with E-state index in [1.54, 1.807) is 0 Å². The molecule has 0 spiro atoms. The first-order valence-electron chi connectivity index (χ1n) is 6.32. The zero-order valence-corrected chi connectivity index (χ0v) is 15.6. The number of nitrogens with zero attached hydrogens (tertiary/aromatic N) is 3. The Balaban J connectivity index is 0.00000180. The second kappa shape index (κ2) is 7.52. The molecule has 19 heavy (non-hydrogen) atoms. The molecule has 0 aromatic carbocycles. The minimum atomic E-state index is 0. The van der Waals surface area contributed by atoms with Crippen LogP contribution in [-0.2, 0) is 13.6 Å². The molecule has 1 aromatic heterocycles. The van der Waals surface area contributed by atoms with Crippen LogP contribution in [0.2, 0.25) is 0 Å². The van der Waals surface area contributed by atoms with E-state index in [2.05, 4.69) is 62.1 Å². The average Bonchev–Trinajstić information content (AvgIpc) is 3.07. The van der Waals surface area contributed by atoms with Crippen LogP contribution in [0.4, 0.5) is 0 Å². The summed E-state index contributed by atoms with van der Waals surface area (Å²) in [4.78, 5) is 6.49. The summed E-state index contributed by atoms with van der Waals surface area (Å²) in [5.41, 5.74) is 1.26. The fraction of sp³-hybridized carbons (Fsp3) is 0.615. The van der Waals surface area contributed by atoms with E-state index >= 15 is 0 Å². The third kappa shape index (κ3) is 4.98. The summed E-state index contributed by atoms with van der Waals surface area (Å²) in [5, 5.41) is 3.43. The number of aromatic nitrogens is 1. The van der Waals surface area contributed by atoms with Crippen molar-refractivity contribution >= 4 is 45.9 Å². The Hall–Kier alpha value is -0.240. The van der Waals surface area contributed by atoms with Crippen molar-refractivity contribution in [2.45, 2.75) is 19.4 Å². The molecule has 4 nitrogen and oxygen atoms in total. The zero-order valence-electron chi connectivity index (χ0n) is 11.7. The lowest BCUT2D eigenvalue weighted by Gasteiger charge is -2.22. The second-order valence-corrected chi connectivity index (χ2v) is 5.90. The second-order valence-electron chi connectivity index (χ2n) is 4.99. The van der Waals surface area contributed by atoms with Crippen LogP contribution in [0.25, 0.3) is 0 Å². The van der Waals surface area contributed by atoms with Crippen molar-refractivity contribution in [1.82, 2.24) is 14.8 Å². The summed E-state index contributed by atoms with van der Waals surface area (Å²) in [7, 11) is 5.98. The lowest BCUT2D eigenvalue weighted by molar-refractivity contribution is 0.460. The lowest BCUT2D eigenvalue weighted by atomic mass is 10.4. The SMILES string of the molecule is CN=C(NCC1CC1)N(C)Cc1cc(Br)cn1C.I. The van der Waals surface area contributed by atoms with Gasteiger partial charge < -0.3 is 14.8 Å². The normalized spacial score (nSPS) is 15.1. The number of hydrogen-bond donors (Lipinski definition) is 1. The van der Waals surface area contributed by atoms with Gasteiger partial charge in [-0.15, -0.1) is 24.0 Å². The van der Waals surface area contributed by atoms with Gasteiger partial charge in [-0.1, -0.05) is 0 Å². The summed E-state index contributed by atoms with van der Waals surface area (Å²) < 4.78 is 3.25. The van der Waals surface area contributed by atoms with Gasteiger partial charge in [-0.05, 0) is 40.8 Å². The molecule has 108 valence electrons. The maximum absolute atomic E-state index is 4.33. The molecule has 1 fully saturated rings. The van der Waals surface area contributed by atoms with Gasteiger partial charge >= 0.3 is 0 Å². The average molecular weight is 441 g/mol. The highest BCUT2D eigenvalue weighted by molar-refractivity contribution is 14.0. The van der Waals surface area contributed by atoms with Gasteiger partial charge in [0.05, 0.1) is 6.54 Å². The highest BCUT2D eigenvalue weighted by Gasteiger charge is 2.21. The Morgan fingerprint density at radius 3 is 2.74 bits per heavy atom. The molecule has 2 rings (SSSR count). The Labute approximate surface area is 140 Å². The molecule has 0 aliphatic heterocycles. The molecule has 1 aromatic rings. The molecule has 0 saturated heterocycles. The number of aliphatic imine (C=N–C) groups is 1. The highest BCUT2D eigenvalue weighted by atomic mass is 127. The van der Waals surface area contributed by atoms with E-state index in [0.717, 1.165) is 29.4 Å². The molecule has 0 bridgehead atoms. The Morgan fingerprint density at radius 2 is 2.26 bits per heavy atom. The first-order chi connectivity index (χ1) is 8.60. The van der Waals surface area contributed by atoms with Crippen molar-refractivity contribution < 1.29 is 0 Å². The van der Waals surface area contributed by atoms with Crippen molar-refractivity contribution in [3.8, 4) is 0 Å². The van der Waals surface area contributed by atoms with Gasteiger partial charge in [0.25, 0.3) is 0 Å². The fourth-order valence-corrected chi connectivity index (χ4v) is 2.55. The molecular weight excluding hydrogens is 419 g/mol. The predicted molar refractivity (Wildman–Crippen MR) is 94.1 cm³/mol. The number of nitrogens with one attached hydrogen (secondary N) is 1. The maximum Gasteiger partial charge on any atom is 0.193 e. The number of guanidine groups is 1. The van der Waals surface area contributed by atoms with Gasteiger partial charge in [-0.3, -0.25) is 4.99 Å². The zero-order chi connectivity index (χ0) is 13.1. The van der Waals surface area contributed by atoms with E-state index in [1.807, 2.05) is 7.05 Å².